The van der Waals surface area contributed by atoms with Gasteiger partial charge in [0.15, 0.2) is 0 Å². The van der Waals surface area contributed by atoms with Crippen LogP contribution in [0.5, 0.6) is 0 Å². The van der Waals surface area contributed by atoms with Crippen molar-refractivity contribution >= 4 is 39.9 Å². The zero-order valence-electron chi connectivity index (χ0n) is 6.84. The predicted octanol–water partition coefficient (Wildman–Crippen LogP) is 3.51. The van der Waals surface area contributed by atoms with Gasteiger partial charge in [-0.1, -0.05) is 28.1 Å². The lowest BCUT2D eigenvalue weighted by Gasteiger charge is -1.97. The second-order valence-corrected chi connectivity index (χ2v) is 3.72. The number of rotatable bonds is 3. The molecule has 68 valence electrons. The molecule has 0 aliphatic heterocycles. The van der Waals surface area contributed by atoms with Gasteiger partial charge in [-0.2, -0.15) is 0 Å². The van der Waals surface area contributed by atoms with Crippen molar-refractivity contribution in [3.05, 3.63) is 39.9 Å². The summed E-state index contributed by atoms with van der Waals surface area (Å²) in [6, 6.07) is 5.50. The molecule has 13 heavy (non-hydrogen) atoms. The number of allylic oxidation sites excluding steroid dienone is 1. The van der Waals surface area contributed by atoms with Crippen molar-refractivity contribution in [3.63, 3.8) is 0 Å². The van der Waals surface area contributed by atoms with E-state index in [4.69, 9.17) is 11.6 Å². The Bertz CT molecular complexity index is 334. The summed E-state index contributed by atoms with van der Waals surface area (Å²) in [6.07, 6.45) is 4.53. The van der Waals surface area contributed by atoms with E-state index < -0.39 is 0 Å². The zero-order valence-corrected chi connectivity index (χ0v) is 9.18. The molecular formula is C10H8BrClO. The minimum atomic E-state index is 0.475. The summed E-state index contributed by atoms with van der Waals surface area (Å²) in [6.45, 7) is 0. The Morgan fingerprint density at radius 1 is 1.31 bits per heavy atom. The van der Waals surface area contributed by atoms with E-state index >= 15 is 0 Å². The Balaban J connectivity index is 3.01. The van der Waals surface area contributed by atoms with Crippen LogP contribution in [0.4, 0.5) is 0 Å². The highest BCUT2D eigenvalue weighted by atomic mass is 79.9. The first-order valence-electron chi connectivity index (χ1n) is 3.74. The summed E-state index contributed by atoms with van der Waals surface area (Å²) >= 11 is 8.82. The van der Waals surface area contributed by atoms with Gasteiger partial charge in [-0.25, -0.2) is 0 Å². The van der Waals surface area contributed by atoms with Gasteiger partial charge >= 0.3 is 0 Å². The Morgan fingerprint density at radius 2 is 2.00 bits per heavy atom. The van der Waals surface area contributed by atoms with E-state index in [1.54, 1.807) is 12.1 Å². The van der Waals surface area contributed by atoms with E-state index in [1.807, 2.05) is 18.2 Å². The lowest BCUT2D eigenvalue weighted by atomic mass is 10.1. The van der Waals surface area contributed by atoms with Crippen molar-refractivity contribution in [2.45, 2.75) is 0 Å². The van der Waals surface area contributed by atoms with Gasteiger partial charge in [-0.15, -0.1) is 11.6 Å². The molecule has 0 aromatic heterocycles. The summed E-state index contributed by atoms with van der Waals surface area (Å²) in [7, 11) is 0. The molecular weight excluding hydrogens is 251 g/mol. The summed E-state index contributed by atoms with van der Waals surface area (Å²) in [5.41, 5.74) is 1.63. The number of alkyl halides is 1. The number of benzene rings is 1. The molecule has 0 unspecified atom stereocenters. The third-order valence-electron chi connectivity index (χ3n) is 1.48. The van der Waals surface area contributed by atoms with Crippen molar-refractivity contribution in [2.75, 3.05) is 5.88 Å². The summed E-state index contributed by atoms with van der Waals surface area (Å²) in [4.78, 5) is 10.5. The van der Waals surface area contributed by atoms with Crippen molar-refractivity contribution in [3.8, 4) is 0 Å². The van der Waals surface area contributed by atoms with Crippen LogP contribution in [0.25, 0.3) is 6.08 Å². The monoisotopic (exact) mass is 258 g/mol. The highest BCUT2D eigenvalue weighted by molar-refractivity contribution is 9.10. The van der Waals surface area contributed by atoms with Gasteiger partial charge in [-0.3, -0.25) is 4.79 Å². The Morgan fingerprint density at radius 3 is 2.62 bits per heavy atom. The number of halogens is 2. The predicted molar refractivity (Wildman–Crippen MR) is 59.3 cm³/mol. The molecule has 1 aromatic carbocycles. The molecule has 0 saturated carbocycles. The topological polar surface area (TPSA) is 17.1 Å². The van der Waals surface area contributed by atoms with Crippen LogP contribution in [0.2, 0.25) is 0 Å². The molecule has 0 amide bonds. The molecule has 0 fully saturated rings. The normalized spacial score (nSPS) is 10.6. The molecule has 0 heterocycles. The largest absolute Gasteiger partial charge is 0.298 e. The van der Waals surface area contributed by atoms with Gasteiger partial charge in [-0.05, 0) is 23.8 Å². The lowest BCUT2D eigenvalue weighted by molar-refractivity contribution is 0.112. The van der Waals surface area contributed by atoms with Gasteiger partial charge in [0.1, 0.15) is 6.29 Å². The molecule has 0 aliphatic carbocycles. The zero-order chi connectivity index (χ0) is 9.68. The molecule has 0 N–H and O–H groups in total. The molecule has 0 aliphatic rings. The molecule has 1 rings (SSSR count). The SMILES string of the molecule is O=Cc1cc(Br)cc(C=CCCl)c1. The van der Waals surface area contributed by atoms with Crippen LogP contribution in [0.1, 0.15) is 15.9 Å². The quantitative estimate of drug-likeness (QED) is 0.600. The maximum absolute atomic E-state index is 10.5. The number of carbonyl (C=O) groups is 1. The van der Waals surface area contributed by atoms with E-state index in [0.717, 1.165) is 16.3 Å². The van der Waals surface area contributed by atoms with E-state index in [9.17, 15) is 4.79 Å². The van der Waals surface area contributed by atoms with Crippen molar-refractivity contribution in [2.24, 2.45) is 0 Å². The molecule has 1 nitrogen and oxygen atoms in total. The van der Waals surface area contributed by atoms with E-state index in [0.29, 0.717) is 11.4 Å². The molecule has 0 bridgehead atoms. The lowest BCUT2D eigenvalue weighted by Crippen LogP contribution is -1.82. The van der Waals surface area contributed by atoms with Gasteiger partial charge < -0.3 is 0 Å². The first kappa shape index (κ1) is 10.5. The van der Waals surface area contributed by atoms with E-state index in [1.165, 1.54) is 0 Å². The molecule has 0 saturated heterocycles. The van der Waals surface area contributed by atoms with Crippen LogP contribution in [0, 0.1) is 0 Å². The Kier molecular flexibility index (Phi) is 4.19. The molecule has 0 radical (unpaired) electrons. The second-order valence-electron chi connectivity index (χ2n) is 2.49. The van der Waals surface area contributed by atoms with Crippen molar-refractivity contribution in [1.82, 2.24) is 0 Å². The minimum absolute atomic E-state index is 0.475. The molecule has 3 heteroatoms. The van der Waals surface area contributed by atoms with Gasteiger partial charge in [0, 0.05) is 15.9 Å². The highest BCUT2D eigenvalue weighted by Crippen LogP contribution is 2.15. The maximum Gasteiger partial charge on any atom is 0.150 e. The number of hydrogen-bond donors (Lipinski definition) is 0. The summed E-state index contributed by atoms with van der Waals surface area (Å²) in [5, 5.41) is 0. The van der Waals surface area contributed by atoms with Crippen molar-refractivity contribution in [1.29, 1.82) is 0 Å². The fourth-order valence-corrected chi connectivity index (χ4v) is 1.60. The molecule has 1 aromatic rings. The fraction of sp³-hybridized carbons (Fsp3) is 0.100. The van der Waals surface area contributed by atoms with E-state index in [2.05, 4.69) is 15.9 Å². The number of hydrogen-bond acceptors (Lipinski definition) is 1. The van der Waals surface area contributed by atoms with Gasteiger partial charge in [0.05, 0.1) is 0 Å². The van der Waals surface area contributed by atoms with Crippen LogP contribution in [0.3, 0.4) is 0 Å². The average molecular weight is 260 g/mol. The smallest absolute Gasteiger partial charge is 0.150 e. The highest BCUT2D eigenvalue weighted by Gasteiger charge is 1.95. The van der Waals surface area contributed by atoms with Crippen LogP contribution >= 0.6 is 27.5 Å². The van der Waals surface area contributed by atoms with Crippen molar-refractivity contribution < 1.29 is 4.79 Å². The first-order chi connectivity index (χ1) is 6.26. The molecule has 0 spiro atoms. The summed E-state index contributed by atoms with van der Waals surface area (Å²) in [5.74, 6) is 0.475. The minimum Gasteiger partial charge on any atom is -0.298 e. The maximum atomic E-state index is 10.5. The number of carbonyl (C=O) groups excluding carboxylic acids is 1. The van der Waals surface area contributed by atoms with Crippen LogP contribution in [-0.4, -0.2) is 12.2 Å². The van der Waals surface area contributed by atoms with Crippen LogP contribution < -0.4 is 0 Å². The average Bonchev–Trinajstić information content (AvgIpc) is 2.14. The third kappa shape index (κ3) is 3.33. The fourth-order valence-electron chi connectivity index (χ4n) is 0.981. The van der Waals surface area contributed by atoms with Crippen LogP contribution in [0.15, 0.2) is 28.7 Å². The number of aldehydes is 1. The Hall–Kier alpha value is -0.600. The Labute approximate surface area is 90.5 Å². The third-order valence-corrected chi connectivity index (χ3v) is 2.11. The first-order valence-corrected chi connectivity index (χ1v) is 5.07. The summed E-state index contributed by atoms with van der Waals surface area (Å²) < 4.78 is 0.895. The van der Waals surface area contributed by atoms with Gasteiger partial charge in [0.25, 0.3) is 0 Å². The standard InChI is InChI=1S/C10H8BrClO/c11-10-5-8(2-1-3-12)4-9(6-10)7-13/h1-2,4-7H,3H2. The molecule has 0 atom stereocenters. The van der Waals surface area contributed by atoms with Gasteiger partial charge in [0.2, 0.25) is 0 Å². The van der Waals surface area contributed by atoms with Crippen LogP contribution in [-0.2, 0) is 0 Å². The second kappa shape index (κ2) is 5.20. The van der Waals surface area contributed by atoms with E-state index in [-0.39, 0.29) is 0 Å².